The summed E-state index contributed by atoms with van der Waals surface area (Å²) in [4.78, 5) is 11.2. The first-order chi connectivity index (χ1) is 14.7. The molecule has 0 heterocycles. The average Bonchev–Trinajstić information content (AvgIpc) is 2.81. The molecule has 0 saturated heterocycles. The van der Waals surface area contributed by atoms with Crippen molar-refractivity contribution in [3.05, 3.63) is 85.5 Å². The van der Waals surface area contributed by atoms with Gasteiger partial charge in [-0.1, -0.05) is 61.2 Å². The largest absolute Gasteiger partial charge is 0.491 e. The Balaban J connectivity index is 1.83. The van der Waals surface area contributed by atoms with Crippen LogP contribution in [0.5, 0.6) is 11.5 Å². The molecular formula is C25H24O5. The maximum absolute atomic E-state index is 11.2. The molecule has 5 nitrogen and oxygen atoms in total. The molecule has 0 aliphatic carbocycles. The van der Waals surface area contributed by atoms with Crippen LogP contribution in [0.4, 0.5) is 0 Å². The Bertz CT molecular complexity index is 965. The summed E-state index contributed by atoms with van der Waals surface area (Å²) < 4.78 is 16.4. The minimum absolute atomic E-state index is 0.0223. The monoisotopic (exact) mass is 404 g/mol. The highest BCUT2D eigenvalue weighted by atomic mass is 16.6. The molecule has 154 valence electrons. The molecule has 0 fully saturated rings. The van der Waals surface area contributed by atoms with Gasteiger partial charge < -0.3 is 19.3 Å². The normalized spacial score (nSPS) is 10.3. The average molecular weight is 404 g/mol. The molecule has 3 aromatic rings. The van der Waals surface area contributed by atoms with E-state index >= 15 is 0 Å². The summed E-state index contributed by atoms with van der Waals surface area (Å²) in [6.45, 7) is 4.00. The Morgan fingerprint density at radius 2 is 1.57 bits per heavy atom. The summed E-state index contributed by atoms with van der Waals surface area (Å²) in [5.74, 6) is 0.933. The van der Waals surface area contributed by atoms with Crippen LogP contribution in [0.2, 0.25) is 0 Å². The molecular weight excluding hydrogens is 380 g/mol. The number of esters is 1. The van der Waals surface area contributed by atoms with E-state index in [9.17, 15) is 4.79 Å². The lowest BCUT2D eigenvalue weighted by atomic mass is 9.99. The first-order valence-electron chi connectivity index (χ1n) is 9.67. The van der Waals surface area contributed by atoms with Gasteiger partial charge in [-0.05, 0) is 34.9 Å². The topological polar surface area (TPSA) is 65.0 Å². The number of hydrogen-bond donors (Lipinski definition) is 1. The molecule has 0 unspecified atom stereocenters. The Kier molecular flexibility index (Phi) is 7.64. The van der Waals surface area contributed by atoms with Crippen molar-refractivity contribution < 1.29 is 24.1 Å². The van der Waals surface area contributed by atoms with Crippen LogP contribution in [0.25, 0.3) is 22.3 Å². The van der Waals surface area contributed by atoms with Crippen molar-refractivity contribution in [2.45, 2.75) is 0 Å². The third-order valence-corrected chi connectivity index (χ3v) is 4.37. The van der Waals surface area contributed by atoms with Crippen molar-refractivity contribution in [3.8, 4) is 33.8 Å². The summed E-state index contributed by atoms with van der Waals surface area (Å²) in [6, 6.07) is 23.6. The lowest BCUT2D eigenvalue weighted by Crippen LogP contribution is -2.10. The zero-order valence-corrected chi connectivity index (χ0v) is 16.6. The second-order valence-electron chi connectivity index (χ2n) is 6.39. The molecule has 1 N–H and O–H groups in total. The molecule has 0 radical (unpaired) electrons. The van der Waals surface area contributed by atoms with Crippen LogP contribution in [0.3, 0.4) is 0 Å². The van der Waals surface area contributed by atoms with E-state index in [1.165, 1.54) is 0 Å². The Hall–Kier alpha value is -3.57. The van der Waals surface area contributed by atoms with Gasteiger partial charge in [-0.3, -0.25) is 0 Å². The van der Waals surface area contributed by atoms with Gasteiger partial charge in [0.05, 0.1) is 6.61 Å². The highest BCUT2D eigenvalue weighted by Gasteiger charge is 2.10. The lowest BCUT2D eigenvalue weighted by Gasteiger charge is -2.14. The van der Waals surface area contributed by atoms with Crippen LogP contribution < -0.4 is 9.47 Å². The van der Waals surface area contributed by atoms with Crippen molar-refractivity contribution in [1.29, 1.82) is 0 Å². The van der Waals surface area contributed by atoms with E-state index in [-0.39, 0.29) is 26.4 Å². The van der Waals surface area contributed by atoms with Crippen LogP contribution in [0, 0.1) is 0 Å². The minimum atomic E-state index is -0.473. The van der Waals surface area contributed by atoms with Gasteiger partial charge in [-0.25, -0.2) is 4.79 Å². The fourth-order valence-electron chi connectivity index (χ4n) is 2.94. The molecule has 3 rings (SSSR count). The third kappa shape index (κ3) is 5.72. The number of aliphatic hydroxyl groups excluding tert-OH is 1. The maximum atomic E-state index is 11.2. The van der Waals surface area contributed by atoms with Gasteiger partial charge in [-0.2, -0.15) is 0 Å². The van der Waals surface area contributed by atoms with E-state index in [0.717, 1.165) is 28.3 Å². The van der Waals surface area contributed by atoms with Crippen LogP contribution in [-0.4, -0.2) is 37.5 Å². The summed E-state index contributed by atoms with van der Waals surface area (Å²) in [6.07, 6.45) is 1.13. The van der Waals surface area contributed by atoms with E-state index in [2.05, 4.69) is 6.58 Å². The molecule has 3 aromatic carbocycles. The highest BCUT2D eigenvalue weighted by molar-refractivity contribution is 5.81. The molecule has 0 aromatic heterocycles. The fourth-order valence-corrected chi connectivity index (χ4v) is 2.94. The quantitative estimate of drug-likeness (QED) is 0.306. The van der Waals surface area contributed by atoms with Gasteiger partial charge in [-0.15, -0.1) is 0 Å². The molecule has 30 heavy (non-hydrogen) atoms. The van der Waals surface area contributed by atoms with E-state index in [1.54, 1.807) is 0 Å². The molecule has 5 heteroatoms. The Morgan fingerprint density at radius 1 is 0.833 bits per heavy atom. The second kappa shape index (κ2) is 10.8. The van der Waals surface area contributed by atoms with Gasteiger partial charge in [0.25, 0.3) is 0 Å². The smallest absolute Gasteiger partial charge is 0.330 e. The maximum Gasteiger partial charge on any atom is 0.330 e. The van der Waals surface area contributed by atoms with Crippen molar-refractivity contribution in [1.82, 2.24) is 0 Å². The standard InChI is InChI=1S/C25H24O5/c1-2-25(27)30-17-16-29-24-18-21(10-13-23(24)20-6-4-3-5-7-20)19-8-11-22(12-9-19)28-15-14-26/h2-13,18,26H,1,14-17H2. The van der Waals surface area contributed by atoms with E-state index < -0.39 is 5.97 Å². The first kappa shape index (κ1) is 21.1. The van der Waals surface area contributed by atoms with Crippen LogP contribution in [-0.2, 0) is 9.53 Å². The van der Waals surface area contributed by atoms with Gasteiger partial charge in [0.2, 0.25) is 0 Å². The predicted octanol–water partition coefficient (Wildman–Crippen LogP) is 4.50. The number of carbonyl (C=O) groups excluding carboxylic acids is 1. The van der Waals surface area contributed by atoms with Crippen LogP contribution in [0.1, 0.15) is 0 Å². The number of aliphatic hydroxyl groups is 1. The van der Waals surface area contributed by atoms with E-state index in [1.807, 2.05) is 72.8 Å². The third-order valence-electron chi connectivity index (χ3n) is 4.37. The van der Waals surface area contributed by atoms with Crippen LogP contribution >= 0.6 is 0 Å². The number of carbonyl (C=O) groups is 1. The van der Waals surface area contributed by atoms with Crippen molar-refractivity contribution in [2.24, 2.45) is 0 Å². The molecule has 0 amide bonds. The van der Waals surface area contributed by atoms with Gasteiger partial charge in [0, 0.05) is 11.6 Å². The molecule has 0 spiro atoms. The zero-order chi connectivity index (χ0) is 21.2. The summed E-state index contributed by atoms with van der Waals surface area (Å²) in [7, 11) is 0. The van der Waals surface area contributed by atoms with Crippen LogP contribution in [0.15, 0.2) is 85.5 Å². The van der Waals surface area contributed by atoms with Crippen molar-refractivity contribution in [2.75, 3.05) is 26.4 Å². The Labute approximate surface area is 176 Å². The summed E-state index contributed by atoms with van der Waals surface area (Å²) >= 11 is 0. The number of benzene rings is 3. The van der Waals surface area contributed by atoms with E-state index in [4.69, 9.17) is 19.3 Å². The van der Waals surface area contributed by atoms with Gasteiger partial charge in [0.1, 0.15) is 31.3 Å². The molecule has 0 aliphatic heterocycles. The fraction of sp³-hybridized carbons (Fsp3) is 0.160. The SMILES string of the molecule is C=CC(=O)OCCOc1cc(-c2ccc(OCCO)cc2)ccc1-c1ccccc1. The minimum Gasteiger partial charge on any atom is -0.491 e. The molecule has 0 saturated carbocycles. The molecule has 0 aliphatic rings. The summed E-state index contributed by atoms with van der Waals surface area (Å²) in [5.41, 5.74) is 3.99. The van der Waals surface area contributed by atoms with E-state index in [0.29, 0.717) is 11.5 Å². The number of ether oxygens (including phenoxy) is 3. The molecule has 0 atom stereocenters. The number of hydrogen-bond acceptors (Lipinski definition) is 5. The van der Waals surface area contributed by atoms with Crippen molar-refractivity contribution >= 4 is 5.97 Å². The summed E-state index contributed by atoms with van der Waals surface area (Å²) in [5, 5.41) is 8.87. The second-order valence-corrected chi connectivity index (χ2v) is 6.39. The van der Waals surface area contributed by atoms with Gasteiger partial charge >= 0.3 is 5.97 Å². The van der Waals surface area contributed by atoms with Gasteiger partial charge in [0.15, 0.2) is 0 Å². The lowest BCUT2D eigenvalue weighted by molar-refractivity contribution is -0.138. The Morgan fingerprint density at radius 3 is 2.27 bits per heavy atom. The van der Waals surface area contributed by atoms with Crippen molar-refractivity contribution in [3.63, 3.8) is 0 Å². The highest BCUT2D eigenvalue weighted by Crippen LogP contribution is 2.34. The molecule has 0 bridgehead atoms. The zero-order valence-electron chi connectivity index (χ0n) is 16.6. The number of rotatable bonds is 10. The predicted molar refractivity (Wildman–Crippen MR) is 117 cm³/mol. The first-order valence-corrected chi connectivity index (χ1v) is 9.67.